The van der Waals surface area contributed by atoms with Gasteiger partial charge in [0.15, 0.2) is 0 Å². The van der Waals surface area contributed by atoms with Crippen molar-refractivity contribution in [1.82, 2.24) is 10.3 Å². The summed E-state index contributed by atoms with van der Waals surface area (Å²) >= 11 is 5.79. The Hall–Kier alpha value is -2.40. The summed E-state index contributed by atoms with van der Waals surface area (Å²) in [7, 11) is 0. The molecule has 2 N–H and O–H groups in total. The van der Waals surface area contributed by atoms with E-state index in [1.165, 1.54) is 12.3 Å². The van der Waals surface area contributed by atoms with Crippen LogP contribution in [0.1, 0.15) is 21.6 Å². The molecule has 1 aromatic carbocycles. The lowest BCUT2D eigenvalue weighted by Crippen LogP contribution is -2.33. The maximum absolute atomic E-state index is 11.8. The molecule has 0 aliphatic carbocycles. The number of nitrogens with one attached hydrogen (secondary N) is 2. The van der Waals surface area contributed by atoms with Gasteiger partial charge in [-0.25, -0.2) is 0 Å². The quantitative estimate of drug-likeness (QED) is 0.910. The van der Waals surface area contributed by atoms with E-state index in [4.69, 9.17) is 11.6 Å². The van der Waals surface area contributed by atoms with E-state index in [2.05, 4.69) is 15.6 Å². The Kier molecular flexibility index (Phi) is 5.12. The molecule has 0 saturated carbocycles. The van der Waals surface area contributed by atoms with Crippen LogP contribution >= 0.6 is 11.6 Å². The lowest BCUT2D eigenvalue weighted by atomic mass is 10.1. The van der Waals surface area contributed by atoms with Gasteiger partial charge in [0.1, 0.15) is 5.69 Å². The topological polar surface area (TPSA) is 71.1 Å². The van der Waals surface area contributed by atoms with Gasteiger partial charge in [0.2, 0.25) is 5.91 Å². The molecule has 1 heterocycles. The normalized spacial score (nSPS) is 10.1. The Bertz CT molecular complexity index is 716. The van der Waals surface area contributed by atoms with E-state index >= 15 is 0 Å². The summed E-state index contributed by atoms with van der Waals surface area (Å²) in [6, 6.07) is 8.65. The number of carbonyl (C=O) groups is 2. The first-order valence-electron chi connectivity index (χ1n) is 6.72. The number of benzene rings is 1. The Labute approximate surface area is 133 Å². The van der Waals surface area contributed by atoms with Gasteiger partial charge in [-0.2, -0.15) is 0 Å². The van der Waals surface area contributed by atoms with E-state index in [-0.39, 0.29) is 18.1 Å². The van der Waals surface area contributed by atoms with Gasteiger partial charge >= 0.3 is 0 Å². The fraction of sp³-hybridized carbons (Fsp3) is 0.188. The van der Waals surface area contributed by atoms with Crippen LogP contribution in [0.25, 0.3) is 0 Å². The van der Waals surface area contributed by atoms with Gasteiger partial charge in [0.05, 0.1) is 6.54 Å². The van der Waals surface area contributed by atoms with Crippen molar-refractivity contribution in [3.63, 3.8) is 0 Å². The Morgan fingerprint density at radius 1 is 1.14 bits per heavy atom. The fourth-order valence-corrected chi connectivity index (χ4v) is 1.96. The Balaban J connectivity index is 1.90. The number of aryl methyl sites for hydroxylation is 2. The molecular weight excluding hydrogens is 302 g/mol. The van der Waals surface area contributed by atoms with Crippen LogP contribution in [-0.2, 0) is 4.79 Å². The molecule has 6 heteroatoms. The van der Waals surface area contributed by atoms with Crippen molar-refractivity contribution in [3.05, 3.63) is 58.4 Å². The minimum atomic E-state index is -0.447. The molecule has 0 aliphatic heterocycles. The van der Waals surface area contributed by atoms with Crippen LogP contribution in [0.15, 0.2) is 36.5 Å². The Morgan fingerprint density at radius 3 is 2.59 bits per heavy atom. The van der Waals surface area contributed by atoms with Crippen molar-refractivity contribution in [2.45, 2.75) is 13.8 Å². The van der Waals surface area contributed by atoms with Crippen molar-refractivity contribution in [3.8, 4) is 0 Å². The molecule has 0 radical (unpaired) electrons. The van der Waals surface area contributed by atoms with Crippen molar-refractivity contribution >= 4 is 29.1 Å². The molecule has 2 aromatic rings. The molecule has 0 saturated heterocycles. The van der Waals surface area contributed by atoms with Crippen LogP contribution < -0.4 is 10.6 Å². The standard InChI is InChI=1S/C16H16ClN3O2/c1-10-3-4-13(7-11(10)2)20-15(21)9-19-16(22)14-8-12(17)5-6-18-14/h3-8H,9H2,1-2H3,(H,19,22)(H,20,21). The zero-order chi connectivity index (χ0) is 16.1. The summed E-state index contributed by atoms with van der Waals surface area (Å²) in [6.07, 6.45) is 1.44. The third-order valence-electron chi connectivity index (χ3n) is 3.15. The van der Waals surface area contributed by atoms with Gasteiger partial charge in [0.25, 0.3) is 5.91 Å². The number of amides is 2. The third-order valence-corrected chi connectivity index (χ3v) is 3.39. The minimum Gasteiger partial charge on any atom is -0.342 e. The summed E-state index contributed by atoms with van der Waals surface area (Å²) in [6.45, 7) is 3.83. The average molecular weight is 318 g/mol. The van der Waals surface area contributed by atoms with E-state index in [1.807, 2.05) is 32.0 Å². The number of rotatable bonds is 4. The molecule has 0 unspecified atom stereocenters. The molecule has 0 bridgehead atoms. The monoisotopic (exact) mass is 317 g/mol. The molecule has 0 spiro atoms. The third kappa shape index (κ3) is 4.30. The number of hydrogen-bond acceptors (Lipinski definition) is 3. The lowest BCUT2D eigenvalue weighted by molar-refractivity contribution is -0.115. The fourth-order valence-electron chi connectivity index (χ4n) is 1.80. The van der Waals surface area contributed by atoms with E-state index in [0.717, 1.165) is 11.1 Å². The predicted molar refractivity (Wildman–Crippen MR) is 86.1 cm³/mol. The second-order valence-corrected chi connectivity index (χ2v) is 5.33. The zero-order valence-electron chi connectivity index (χ0n) is 12.3. The molecule has 0 aliphatic rings. The second kappa shape index (κ2) is 7.04. The molecule has 0 atom stereocenters. The Morgan fingerprint density at radius 2 is 1.91 bits per heavy atom. The summed E-state index contributed by atoms with van der Waals surface area (Å²) < 4.78 is 0. The van der Waals surface area contributed by atoms with Crippen molar-refractivity contribution in [1.29, 1.82) is 0 Å². The van der Waals surface area contributed by atoms with Crippen molar-refractivity contribution in [2.24, 2.45) is 0 Å². The van der Waals surface area contributed by atoms with Gasteiger partial charge in [-0.3, -0.25) is 14.6 Å². The lowest BCUT2D eigenvalue weighted by Gasteiger charge is -2.08. The second-order valence-electron chi connectivity index (χ2n) is 4.89. The van der Waals surface area contributed by atoms with E-state index in [1.54, 1.807) is 6.07 Å². The number of aromatic nitrogens is 1. The van der Waals surface area contributed by atoms with Gasteiger partial charge < -0.3 is 10.6 Å². The summed E-state index contributed by atoms with van der Waals surface area (Å²) in [4.78, 5) is 27.6. The maximum atomic E-state index is 11.8. The molecule has 114 valence electrons. The summed E-state index contributed by atoms with van der Waals surface area (Å²) in [5.74, 6) is -0.753. The molecule has 22 heavy (non-hydrogen) atoms. The molecule has 0 fully saturated rings. The molecule has 2 rings (SSSR count). The highest BCUT2D eigenvalue weighted by molar-refractivity contribution is 6.30. The summed E-state index contributed by atoms with van der Waals surface area (Å²) in [5.41, 5.74) is 3.11. The number of carbonyl (C=O) groups excluding carboxylic acids is 2. The minimum absolute atomic E-state index is 0.139. The highest BCUT2D eigenvalue weighted by Gasteiger charge is 2.10. The van der Waals surface area contributed by atoms with Crippen LogP contribution in [0.2, 0.25) is 5.02 Å². The predicted octanol–water partition coefficient (Wildman–Crippen LogP) is 2.72. The van der Waals surface area contributed by atoms with Gasteiger partial charge in [-0.05, 0) is 49.2 Å². The van der Waals surface area contributed by atoms with E-state index < -0.39 is 5.91 Å². The number of pyridine rings is 1. The number of hydrogen-bond donors (Lipinski definition) is 2. The van der Waals surface area contributed by atoms with Gasteiger partial charge in [-0.1, -0.05) is 17.7 Å². The van der Waals surface area contributed by atoms with E-state index in [9.17, 15) is 9.59 Å². The first-order chi connectivity index (χ1) is 10.5. The largest absolute Gasteiger partial charge is 0.342 e. The molecule has 2 amide bonds. The van der Waals surface area contributed by atoms with Gasteiger partial charge in [0, 0.05) is 16.9 Å². The van der Waals surface area contributed by atoms with Gasteiger partial charge in [-0.15, -0.1) is 0 Å². The van der Waals surface area contributed by atoms with Crippen LogP contribution in [0.5, 0.6) is 0 Å². The molecule has 5 nitrogen and oxygen atoms in total. The average Bonchev–Trinajstić information content (AvgIpc) is 2.48. The molecular formula is C16H16ClN3O2. The highest BCUT2D eigenvalue weighted by atomic mass is 35.5. The van der Waals surface area contributed by atoms with E-state index in [0.29, 0.717) is 10.7 Å². The van der Waals surface area contributed by atoms with Crippen LogP contribution in [0.3, 0.4) is 0 Å². The highest BCUT2D eigenvalue weighted by Crippen LogP contribution is 2.13. The number of nitrogens with zero attached hydrogens (tertiary/aromatic N) is 1. The van der Waals surface area contributed by atoms with Crippen LogP contribution in [0.4, 0.5) is 5.69 Å². The van der Waals surface area contributed by atoms with Crippen molar-refractivity contribution in [2.75, 3.05) is 11.9 Å². The SMILES string of the molecule is Cc1ccc(NC(=O)CNC(=O)c2cc(Cl)ccn2)cc1C. The first kappa shape index (κ1) is 16.0. The summed E-state index contributed by atoms with van der Waals surface area (Å²) in [5, 5.41) is 5.64. The smallest absolute Gasteiger partial charge is 0.270 e. The number of halogens is 1. The first-order valence-corrected chi connectivity index (χ1v) is 7.10. The maximum Gasteiger partial charge on any atom is 0.270 e. The zero-order valence-corrected chi connectivity index (χ0v) is 13.1. The molecule has 1 aromatic heterocycles. The van der Waals surface area contributed by atoms with Crippen LogP contribution in [-0.4, -0.2) is 23.3 Å². The number of anilines is 1. The van der Waals surface area contributed by atoms with Crippen LogP contribution in [0, 0.1) is 13.8 Å². The van der Waals surface area contributed by atoms with Crippen molar-refractivity contribution < 1.29 is 9.59 Å².